The fourth-order valence-corrected chi connectivity index (χ4v) is 2.45. The number of anilines is 1. The number of carbonyl (C=O) groups is 1. The first-order valence-electron chi connectivity index (χ1n) is 6.78. The molecular weight excluding hydrogens is 330 g/mol. The molecule has 112 valence electrons. The summed E-state index contributed by atoms with van der Waals surface area (Å²) in [5.74, 6) is -0.334. The molecule has 1 rings (SSSR count). The molecule has 0 fully saturated rings. The lowest BCUT2D eigenvalue weighted by molar-refractivity contribution is -0.117. The van der Waals surface area contributed by atoms with E-state index in [1.54, 1.807) is 6.08 Å². The number of nitrogens with zero attached hydrogens (tertiary/aromatic N) is 2. The van der Waals surface area contributed by atoms with Crippen LogP contribution in [0.5, 0.6) is 0 Å². The summed E-state index contributed by atoms with van der Waals surface area (Å²) in [6.07, 6.45) is 2.43. The summed E-state index contributed by atoms with van der Waals surface area (Å²) >= 11 is 3.49. The summed E-state index contributed by atoms with van der Waals surface area (Å²) in [6.45, 7) is 3.90. The topological polar surface area (TPSA) is 56.1 Å². The zero-order valence-corrected chi connectivity index (χ0v) is 14.4. The number of hydrogen-bond acceptors (Lipinski definition) is 3. The molecular formula is C16H20BrN3O. The molecule has 0 saturated heterocycles. The molecule has 0 spiro atoms. The molecule has 0 heterocycles. The third-order valence-corrected chi connectivity index (χ3v) is 3.75. The van der Waals surface area contributed by atoms with Gasteiger partial charge in [0.2, 0.25) is 0 Å². The lowest BCUT2D eigenvalue weighted by Gasteiger charge is -2.15. The third-order valence-electron chi connectivity index (χ3n) is 3.12. The second kappa shape index (κ2) is 7.84. The van der Waals surface area contributed by atoms with Gasteiger partial charge in [-0.2, -0.15) is 5.26 Å². The van der Waals surface area contributed by atoms with E-state index < -0.39 is 0 Å². The molecule has 0 aliphatic rings. The molecule has 1 atom stereocenters. The number of rotatable bonds is 5. The molecule has 0 unspecified atom stereocenters. The Hall–Kier alpha value is -1.80. The summed E-state index contributed by atoms with van der Waals surface area (Å²) in [7, 11) is 3.91. The van der Waals surface area contributed by atoms with Crippen LogP contribution in [0.4, 0.5) is 5.69 Å². The molecule has 0 aliphatic heterocycles. The lowest BCUT2D eigenvalue weighted by Crippen LogP contribution is -2.32. The van der Waals surface area contributed by atoms with Crippen LogP contribution in [0.25, 0.3) is 6.08 Å². The first-order valence-corrected chi connectivity index (χ1v) is 7.57. The van der Waals surface area contributed by atoms with Crippen molar-refractivity contribution in [2.45, 2.75) is 26.3 Å². The molecule has 21 heavy (non-hydrogen) atoms. The van der Waals surface area contributed by atoms with Crippen LogP contribution >= 0.6 is 15.9 Å². The molecule has 0 saturated carbocycles. The summed E-state index contributed by atoms with van der Waals surface area (Å²) in [6, 6.07) is 7.73. The van der Waals surface area contributed by atoms with Crippen molar-refractivity contribution in [2.24, 2.45) is 0 Å². The van der Waals surface area contributed by atoms with Gasteiger partial charge in [0.25, 0.3) is 5.91 Å². The van der Waals surface area contributed by atoms with Crippen LogP contribution in [0.15, 0.2) is 28.2 Å². The minimum Gasteiger partial charge on any atom is -0.377 e. The van der Waals surface area contributed by atoms with Gasteiger partial charge in [0.1, 0.15) is 11.6 Å². The number of carbonyl (C=O) groups excluding carboxylic acids is 1. The summed E-state index contributed by atoms with van der Waals surface area (Å²) in [5, 5.41) is 12.0. The molecule has 1 N–H and O–H groups in total. The van der Waals surface area contributed by atoms with Crippen molar-refractivity contribution in [3.05, 3.63) is 33.8 Å². The zero-order chi connectivity index (χ0) is 16.0. The molecule has 4 nitrogen and oxygen atoms in total. The first-order chi connectivity index (χ1) is 9.88. The molecule has 0 aromatic heterocycles. The fraction of sp³-hybridized carbons (Fsp3) is 0.375. The van der Waals surface area contributed by atoms with Gasteiger partial charge in [0, 0.05) is 24.6 Å². The quantitative estimate of drug-likeness (QED) is 0.655. The molecule has 1 amide bonds. The van der Waals surface area contributed by atoms with Crippen molar-refractivity contribution in [1.29, 1.82) is 5.26 Å². The standard InChI is InChI=1S/C16H20BrN3O/c1-5-11(2)19-16(21)13(10-18)8-12-6-7-15(20(3)4)14(17)9-12/h6-9,11H,5H2,1-4H3,(H,19,21)/b13-8+/t11-/m0/s1. The van der Waals surface area contributed by atoms with Crippen molar-refractivity contribution < 1.29 is 4.79 Å². The molecule has 0 radical (unpaired) electrons. The van der Waals surface area contributed by atoms with Crippen LogP contribution in [0, 0.1) is 11.3 Å². The van der Waals surface area contributed by atoms with E-state index in [2.05, 4.69) is 21.2 Å². The average molecular weight is 350 g/mol. The molecule has 1 aromatic carbocycles. The Balaban J connectivity index is 3.01. The van der Waals surface area contributed by atoms with Gasteiger partial charge in [-0.25, -0.2) is 0 Å². The van der Waals surface area contributed by atoms with E-state index in [4.69, 9.17) is 5.26 Å². The lowest BCUT2D eigenvalue weighted by atomic mass is 10.1. The largest absolute Gasteiger partial charge is 0.377 e. The number of nitrogens with one attached hydrogen (secondary N) is 1. The van der Waals surface area contributed by atoms with Gasteiger partial charge < -0.3 is 10.2 Å². The van der Waals surface area contributed by atoms with Crippen molar-refractivity contribution in [2.75, 3.05) is 19.0 Å². The summed E-state index contributed by atoms with van der Waals surface area (Å²) < 4.78 is 0.917. The van der Waals surface area contributed by atoms with Crippen molar-refractivity contribution in [3.63, 3.8) is 0 Å². The first kappa shape index (κ1) is 17.3. The van der Waals surface area contributed by atoms with E-state index in [1.165, 1.54) is 0 Å². The maximum atomic E-state index is 12.0. The van der Waals surface area contributed by atoms with Crippen LogP contribution in [0.3, 0.4) is 0 Å². The van der Waals surface area contributed by atoms with E-state index >= 15 is 0 Å². The minimum absolute atomic E-state index is 0.0529. The van der Waals surface area contributed by atoms with Gasteiger partial charge in [0.05, 0.1) is 5.69 Å². The smallest absolute Gasteiger partial charge is 0.262 e. The Bertz CT molecular complexity index is 588. The van der Waals surface area contributed by atoms with Gasteiger partial charge in [0.15, 0.2) is 0 Å². The number of benzene rings is 1. The van der Waals surface area contributed by atoms with Gasteiger partial charge in [-0.1, -0.05) is 13.0 Å². The number of amides is 1. The summed E-state index contributed by atoms with van der Waals surface area (Å²) in [5.41, 5.74) is 1.96. The van der Waals surface area contributed by atoms with E-state index in [1.807, 2.05) is 57.1 Å². The van der Waals surface area contributed by atoms with Gasteiger partial charge >= 0.3 is 0 Å². The molecule has 0 aliphatic carbocycles. The van der Waals surface area contributed by atoms with Gasteiger partial charge in [-0.05, 0) is 53.0 Å². The predicted octanol–water partition coefficient (Wildman–Crippen LogP) is 3.34. The van der Waals surface area contributed by atoms with E-state index in [0.717, 1.165) is 22.1 Å². The highest BCUT2D eigenvalue weighted by Crippen LogP contribution is 2.26. The Morgan fingerprint density at radius 2 is 2.19 bits per heavy atom. The Morgan fingerprint density at radius 1 is 1.52 bits per heavy atom. The highest BCUT2D eigenvalue weighted by molar-refractivity contribution is 9.10. The van der Waals surface area contributed by atoms with Crippen LogP contribution in [0.1, 0.15) is 25.8 Å². The second-order valence-corrected chi connectivity index (χ2v) is 5.91. The Morgan fingerprint density at radius 3 is 2.67 bits per heavy atom. The van der Waals surface area contributed by atoms with Crippen molar-refractivity contribution in [1.82, 2.24) is 5.32 Å². The molecule has 5 heteroatoms. The zero-order valence-electron chi connectivity index (χ0n) is 12.8. The SMILES string of the molecule is CC[C@H](C)NC(=O)/C(C#N)=C/c1ccc(N(C)C)c(Br)c1. The van der Waals surface area contributed by atoms with Crippen molar-refractivity contribution >= 4 is 33.6 Å². The number of nitriles is 1. The highest BCUT2D eigenvalue weighted by atomic mass is 79.9. The van der Waals surface area contributed by atoms with E-state index in [0.29, 0.717) is 0 Å². The van der Waals surface area contributed by atoms with Crippen LogP contribution < -0.4 is 10.2 Å². The normalized spacial score (nSPS) is 12.5. The van der Waals surface area contributed by atoms with Crippen LogP contribution in [-0.2, 0) is 4.79 Å². The van der Waals surface area contributed by atoms with Crippen LogP contribution in [0.2, 0.25) is 0 Å². The highest BCUT2D eigenvalue weighted by Gasteiger charge is 2.11. The number of hydrogen-bond donors (Lipinski definition) is 1. The average Bonchev–Trinajstić information content (AvgIpc) is 2.43. The Labute approximate surface area is 134 Å². The maximum Gasteiger partial charge on any atom is 0.262 e. The Kier molecular flexibility index (Phi) is 6.44. The molecule has 1 aromatic rings. The third kappa shape index (κ3) is 4.91. The van der Waals surface area contributed by atoms with Gasteiger partial charge in [-0.15, -0.1) is 0 Å². The maximum absolute atomic E-state index is 12.0. The van der Waals surface area contributed by atoms with E-state index in [9.17, 15) is 4.79 Å². The minimum atomic E-state index is -0.334. The summed E-state index contributed by atoms with van der Waals surface area (Å²) in [4.78, 5) is 14.0. The fourth-order valence-electron chi connectivity index (χ4n) is 1.69. The number of halogens is 1. The van der Waals surface area contributed by atoms with E-state index in [-0.39, 0.29) is 17.5 Å². The monoisotopic (exact) mass is 349 g/mol. The van der Waals surface area contributed by atoms with Gasteiger partial charge in [-0.3, -0.25) is 4.79 Å². The van der Waals surface area contributed by atoms with Crippen LogP contribution in [-0.4, -0.2) is 26.0 Å². The van der Waals surface area contributed by atoms with Crippen molar-refractivity contribution in [3.8, 4) is 6.07 Å². The predicted molar refractivity (Wildman–Crippen MR) is 90.0 cm³/mol. The second-order valence-electron chi connectivity index (χ2n) is 5.06. The molecule has 0 bridgehead atoms.